The van der Waals surface area contributed by atoms with Gasteiger partial charge in [-0.2, -0.15) is 0 Å². The Balaban J connectivity index is 1.38. The first-order valence-electron chi connectivity index (χ1n) is 9.97. The number of carbonyl (C=O) groups excluding carboxylic acids is 2. The van der Waals surface area contributed by atoms with Crippen LogP contribution in [0.15, 0.2) is 82.6 Å². The second-order valence-electron chi connectivity index (χ2n) is 7.22. The standard InChI is InChI=1S/C23H21N3O5S2/c1-31-18-11-9-17(10-12-18)26-33(29,30)19-7-4-6-16(13-19)22(27)24-25-23(28)21-14-15-5-2-3-8-20(15)32-21/h2-13,21,26H,14H2,1H3,(H,24,27)(H,25,28). The SMILES string of the molecule is COc1ccc(NS(=O)(=O)c2cccc(C(=O)NNC(=O)C3Cc4ccccc4S3)c2)cc1. The molecule has 0 spiro atoms. The number of thioether (sulfide) groups is 1. The van der Waals surface area contributed by atoms with E-state index in [1.165, 1.54) is 43.1 Å². The van der Waals surface area contributed by atoms with Crippen molar-refractivity contribution in [3.05, 3.63) is 83.9 Å². The summed E-state index contributed by atoms with van der Waals surface area (Å²) in [5.74, 6) is -0.349. The minimum Gasteiger partial charge on any atom is -0.497 e. The molecule has 170 valence electrons. The van der Waals surface area contributed by atoms with Gasteiger partial charge in [-0.1, -0.05) is 24.3 Å². The molecule has 0 aromatic heterocycles. The number of anilines is 1. The van der Waals surface area contributed by atoms with Crippen LogP contribution in [0.2, 0.25) is 0 Å². The lowest BCUT2D eigenvalue weighted by Gasteiger charge is -2.12. The van der Waals surface area contributed by atoms with Crippen LogP contribution >= 0.6 is 11.8 Å². The van der Waals surface area contributed by atoms with Gasteiger partial charge in [0.15, 0.2) is 0 Å². The Morgan fingerprint density at radius 1 is 0.970 bits per heavy atom. The zero-order valence-electron chi connectivity index (χ0n) is 17.6. The van der Waals surface area contributed by atoms with Crippen LogP contribution in [0.4, 0.5) is 5.69 Å². The number of hydrazine groups is 1. The van der Waals surface area contributed by atoms with Crippen molar-refractivity contribution >= 4 is 39.3 Å². The second kappa shape index (κ2) is 9.55. The van der Waals surface area contributed by atoms with Crippen molar-refractivity contribution in [3.8, 4) is 5.75 Å². The van der Waals surface area contributed by atoms with Crippen molar-refractivity contribution in [2.45, 2.75) is 21.5 Å². The summed E-state index contributed by atoms with van der Waals surface area (Å²) < 4.78 is 33.0. The van der Waals surface area contributed by atoms with E-state index in [9.17, 15) is 18.0 Å². The van der Waals surface area contributed by atoms with Crippen molar-refractivity contribution in [2.75, 3.05) is 11.8 Å². The van der Waals surface area contributed by atoms with Gasteiger partial charge in [-0.05, 0) is 60.5 Å². The van der Waals surface area contributed by atoms with Crippen LogP contribution in [0.5, 0.6) is 5.75 Å². The summed E-state index contributed by atoms with van der Waals surface area (Å²) in [6.45, 7) is 0. The third-order valence-corrected chi connectivity index (χ3v) is 7.68. The highest BCUT2D eigenvalue weighted by Crippen LogP contribution is 2.36. The Labute approximate surface area is 195 Å². The van der Waals surface area contributed by atoms with Gasteiger partial charge in [0.2, 0.25) is 0 Å². The van der Waals surface area contributed by atoms with Gasteiger partial charge < -0.3 is 4.74 Å². The predicted octanol–water partition coefficient (Wildman–Crippen LogP) is 2.97. The Kier molecular flexibility index (Phi) is 6.57. The molecule has 1 unspecified atom stereocenters. The van der Waals surface area contributed by atoms with Crippen LogP contribution in [-0.4, -0.2) is 32.6 Å². The van der Waals surface area contributed by atoms with Gasteiger partial charge in [-0.15, -0.1) is 11.8 Å². The molecule has 3 aromatic carbocycles. The summed E-state index contributed by atoms with van der Waals surface area (Å²) in [7, 11) is -2.41. The van der Waals surface area contributed by atoms with Crippen molar-refractivity contribution in [3.63, 3.8) is 0 Å². The third-order valence-electron chi connectivity index (χ3n) is 4.99. The minimum absolute atomic E-state index is 0.0842. The maximum Gasteiger partial charge on any atom is 0.269 e. The number of fused-ring (bicyclic) bond motifs is 1. The maximum absolute atomic E-state index is 12.7. The molecule has 0 aliphatic carbocycles. The van der Waals surface area contributed by atoms with Gasteiger partial charge in [-0.3, -0.25) is 25.2 Å². The van der Waals surface area contributed by atoms with E-state index in [4.69, 9.17) is 4.74 Å². The molecule has 3 N–H and O–H groups in total. The van der Waals surface area contributed by atoms with E-state index in [-0.39, 0.29) is 21.6 Å². The van der Waals surface area contributed by atoms with Crippen molar-refractivity contribution in [1.29, 1.82) is 0 Å². The highest BCUT2D eigenvalue weighted by Gasteiger charge is 2.28. The number of rotatable bonds is 6. The van der Waals surface area contributed by atoms with E-state index in [0.717, 1.165) is 10.5 Å². The fourth-order valence-corrected chi connectivity index (χ4v) is 5.58. The molecule has 3 aromatic rings. The third kappa shape index (κ3) is 5.29. The molecule has 0 fully saturated rings. The van der Waals surface area contributed by atoms with E-state index < -0.39 is 15.9 Å². The predicted molar refractivity (Wildman–Crippen MR) is 126 cm³/mol. The summed E-state index contributed by atoms with van der Waals surface area (Å²) in [5.41, 5.74) is 6.33. The first-order chi connectivity index (χ1) is 15.9. The van der Waals surface area contributed by atoms with Gasteiger partial charge >= 0.3 is 0 Å². The molecule has 8 nitrogen and oxygen atoms in total. The molecule has 1 aliphatic rings. The fourth-order valence-electron chi connectivity index (χ4n) is 3.28. The smallest absolute Gasteiger partial charge is 0.269 e. The lowest BCUT2D eigenvalue weighted by atomic mass is 10.1. The number of ether oxygens (including phenoxy) is 1. The molecular formula is C23H21N3O5S2. The normalized spacial score (nSPS) is 14.8. The fraction of sp³-hybridized carbons (Fsp3) is 0.130. The number of carbonyl (C=O) groups is 2. The molecule has 1 heterocycles. The van der Waals surface area contributed by atoms with Crippen molar-refractivity contribution in [1.82, 2.24) is 10.9 Å². The highest BCUT2D eigenvalue weighted by molar-refractivity contribution is 8.01. The Bertz CT molecular complexity index is 1270. The Morgan fingerprint density at radius 2 is 1.73 bits per heavy atom. The molecule has 2 amide bonds. The number of benzene rings is 3. The molecule has 1 aliphatic heterocycles. The Morgan fingerprint density at radius 3 is 2.45 bits per heavy atom. The molecule has 33 heavy (non-hydrogen) atoms. The Hall–Kier alpha value is -3.50. The van der Waals surface area contributed by atoms with Crippen LogP contribution in [-0.2, 0) is 21.2 Å². The summed E-state index contributed by atoms with van der Waals surface area (Å²) in [5, 5.41) is -0.344. The number of methoxy groups -OCH3 is 1. The zero-order valence-corrected chi connectivity index (χ0v) is 19.2. The first kappa shape index (κ1) is 22.7. The number of hydrogen-bond acceptors (Lipinski definition) is 6. The number of sulfonamides is 1. The average Bonchev–Trinajstić information content (AvgIpc) is 3.27. The quantitative estimate of drug-likeness (QED) is 0.465. The van der Waals surface area contributed by atoms with Crippen LogP contribution in [0, 0.1) is 0 Å². The van der Waals surface area contributed by atoms with E-state index in [2.05, 4.69) is 15.6 Å². The van der Waals surface area contributed by atoms with Crippen LogP contribution < -0.4 is 20.3 Å². The van der Waals surface area contributed by atoms with Crippen LogP contribution in [0.3, 0.4) is 0 Å². The zero-order chi connectivity index (χ0) is 23.4. The molecule has 0 saturated heterocycles. The molecule has 1 atom stereocenters. The summed E-state index contributed by atoms with van der Waals surface area (Å²) in [6, 6.07) is 19.7. The van der Waals surface area contributed by atoms with E-state index in [1.807, 2.05) is 24.3 Å². The minimum atomic E-state index is -3.93. The van der Waals surface area contributed by atoms with Gasteiger partial charge in [0.25, 0.3) is 21.8 Å². The summed E-state index contributed by atoms with van der Waals surface area (Å²) in [6.07, 6.45) is 0.577. The van der Waals surface area contributed by atoms with Gasteiger partial charge in [-0.25, -0.2) is 8.42 Å². The largest absolute Gasteiger partial charge is 0.497 e. The maximum atomic E-state index is 12.7. The molecule has 0 saturated carbocycles. The molecule has 4 rings (SSSR count). The number of amides is 2. The van der Waals surface area contributed by atoms with Gasteiger partial charge in [0, 0.05) is 16.1 Å². The highest BCUT2D eigenvalue weighted by atomic mass is 32.2. The van der Waals surface area contributed by atoms with E-state index >= 15 is 0 Å². The van der Waals surface area contributed by atoms with Crippen LogP contribution in [0.1, 0.15) is 15.9 Å². The lowest BCUT2D eigenvalue weighted by molar-refractivity contribution is -0.121. The molecule has 0 radical (unpaired) electrons. The monoisotopic (exact) mass is 483 g/mol. The molecular weight excluding hydrogens is 462 g/mol. The van der Waals surface area contributed by atoms with Crippen LogP contribution in [0.25, 0.3) is 0 Å². The molecule has 0 bridgehead atoms. The van der Waals surface area contributed by atoms with E-state index in [1.54, 1.807) is 24.3 Å². The van der Waals surface area contributed by atoms with Gasteiger partial charge in [0.1, 0.15) is 5.75 Å². The molecule has 10 heteroatoms. The average molecular weight is 484 g/mol. The van der Waals surface area contributed by atoms with E-state index in [0.29, 0.717) is 17.9 Å². The topological polar surface area (TPSA) is 114 Å². The number of hydrogen-bond donors (Lipinski definition) is 3. The first-order valence-corrected chi connectivity index (χ1v) is 12.3. The lowest BCUT2D eigenvalue weighted by Crippen LogP contribution is -2.45. The number of nitrogens with one attached hydrogen (secondary N) is 3. The summed E-state index contributed by atoms with van der Waals surface area (Å²) in [4.78, 5) is 26.0. The van der Waals surface area contributed by atoms with Gasteiger partial charge in [0.05, 0.1) is 17.3 Å². The van der Waals surface area contributed by atoms with Crippen molar-refractivity contribution < 1.29 is 22.7 Å². The van der Waals surface area contributed by atoms with Crippen molar-refractivity contribution in [2.24, 2.45) is 0 Å². The second-order valence-corrected chi connectivity index (χ2v) is 10.2. The summed E-state index contributed by atoms with van der Waals surface area (Å²) >= 11 is 1.44.